The van der Waals surface area contributed by atoms with Crippen LogP contribution in [0.15, 0.2) is 40.9 Å². The second-order valence-electron chi connectivity index (χ2n) is 5.15. The first-order chi connectivity index (χ1) is 9.63. The zero-order valence-electron chi connectivity index (χ0n) is 11.1. The van der Waals surface area contributed by atoms with Crippen LogP contribution in [-0.4, -0.2) is 6.54 Å². The van der Waals surface area contributed by atoms with Crippen molar-refractivity contribution in [3.63, 3.8) is 0 Å². The van der Waals surface area contributed by atoms with Crippen molar-refractivity contribution >= 4 is 27.3 Å². The van der Waals surface area contributed by atoms with Gasteiger partial charge in [-0.25, -0.2) is 4.39 Å². The molecule has 0 saturated heterocycles. The molecule has 104 valence electrons. The number of nitrogens with zero attached hydrogens (tertiary/aromatic N) is 1. The van der Waals surface area contributed by atoms with E-state index in [1.54, 1.807) is 6.07 Å². The summed E-state index contributed by atoms with van der Waals surface area (Å²) in [4.78, 5) is 2.21. The standard InChI is InChI=1S/C16H16BrFN2/c17-13-4-6-15(18)12(8-13)10-20-7-1-2-11-3-5-14(19)9-16(11)20/h3-6,8-9H,1-2,7,10,19H2. The van der Waals surface area contributed by atoms with E-state index in [0.29, 0.717) is 12.1 Å². The van der Waals surface area contributed by atoms with Crippen molar-refractivity contribution in [1.82, 2.24) is 0 Å². The molecule has 0 aliphatic carbocycles. The van der Waals surface area contributed by atoms with E-state index in [-0.39, 0.29) is 5.82 Å². The van der Waals surface area contributed by atoms with Gasteiger partial charge in [-0.15, -0.1) is 0 Å². The number of hydrogen-bond acceptors (Lipinski definition) is 2. The number of nitrogens with two attached hydrogens (primary N) is 1. The Kier molecular flexibility index (Phi) is 3.66. The molecule has 2 aromatic rings. The van der Waals surface area contributed by atoms with Gasteiger partial charge in [0.25, 0.3) is 0 Å². The topological polar surface area (TPSA) is 29.3 Å². The minimum atomic E-state index is -0.163. The van der Waals surface area contributed by atoms with E-state index in [4.69, 9.17) is 5.73 Å². The number of benzene rings is 2. The number of nitrogen functional groups attached to an aromatic ring is 1. The highest BCUT2D eigenvalue weighted by Crippen LogP contribution is 2.31. The highest BCUT2D eigenvalue weighted by Gasteiger charge is 2.18. The van der Waals surface area contributed by atoms with Gasteiger partial charge >= 0.3 is 0 Å². The Bertz CT molecular complexity index is 642. The van der Waals surface area contributed by atoms with E-state index in [0.717, 1.165) is 35.2 Å². The maximum absolute atomic E-state index is 13.9. The summed E-state index contributed by atoms with van der Waals surface area (Å²) in [5, 5.41) is 0. The van der Waals surface area contributed by atoms with Crippen molar-refractivity contribution < 1.29 is 4.39 Å². The number of halogens is 2. The lowest BCUT2D eigenvalue weighted by atomic mass is 10.0. The second-order valence-corrected chi connectivity index (χ2v) is 6.06. The molecule has 20 heavy (non-hydrogen) atoms. The predicted octanol–water partition coefficient (Wildman–Crippen LogP) is 4.12. The van der Waals surface area contributed by atoms with E-state index in [1.165, 1.54) is 11.6 Å². The van der Waals surface area contributed by atoms with Gasteiger partial charge in [-0.2, -0.15) is 0 Å². The molecule has 0 spiro atoms. The van der Waals surface area contributed by atoms with Crippen molar-refractivity contribution in [3.05, 3.63) is 57.8 Å². The molecule has 0 aromatic heterocycles. The van der Waals surface area contributed by atoms with Crippen LogP contribution in [0.4, 0.5) is 15.8 Å². The number of rotatable bonds is 2. The molecule has 1 heterocycles. The van der Waals surface area contributed by atoms with Gasteiger partial charge in [0.15, 0.2) is 0 Å². The first-order valence-corrected chi connectivity index (χ1v) is 7.50. The van der Waals surface area contributed by atoms with Gasteiger partial charge < -0.3 is 10.6 Å². The van der Waals surface area contributed by atoms with E-state index in [2.05, 4.69) is 26.9 Å². The summed E-state index contributed by atoms with van der Waals surface area (Å²) in [5.41, 5.74) is 9.77. The Labute approximate surface area is 126 Å². The number of anilines is 2. The third kappa shape index (κ3) is 2.66. The molecule has 0 amide bonds. The first kappa shape index (κ1) is 13.4. The third-order valence-electron chi connectivity index (χ3n) is 3.69. The molecule has 4 heteroatoms. The molecule has 2 N–H and O–H groups in total. The second kappa shape index (κ2) is 5.44. The van der Waals surface area contributed by atoms with Crippen molar-refractivity contribution in [3.8, 4) is 0 Å². The van der Waals surface area contributed by atoms with E-state index in [1.807, 2.05) is 18.2 Å². The molecule has 1 aliphatic heterocycles. The summed E-state index contributed by atoms with van der Waals surface area (Å²) < 4.78 is 14.8. The summed E-state index contributed by atoms with van der Waals surface area (Å²) in [6.45, 7) is 1.50. The fraction of sp³-hybridized carbons (Fsp3) is 0.250. The van der Waals surface area contributed by atoms with E-state index < -0.39 is 0 Å². The van der Waals surface area contributed by atoms with Crippen molar-refractivity contribution in [1.29, 1.82) is 0 Å². The van der Waals surface area contributed by atoms with E-state index >= 15 is 0 Å². The largest absolute Gasteiger partial charge is 0.399 e. The Balaban J connectivity index is 1.93. The average molecular weight is 335 g/mol. The third-order valence-corrected chi connectivity index (χ3v) is 4.19. The SMILES string of the molecule is Nc1ccc2c(c1)N(Cc1cc(Br)ccc1F)CCC2. The van der Waals surface area contributed by atoms with Crippen LogP contribution in [0.1, 0.15) is 17.5 Å². The number of fused-ring (bicyclic) bond motifs is 1. The van der Waals surface area contributed by atoms with Crippen LogP contribution < -0.4 is 10.6 Å². The summed E-state index contributed by atoms with van der Waals surface area (Å²) >= 11 is 3.40. The Hall–Kier alpha value is -1.55. The van der Waals surface area contributed by atoms with Crippen LogP contribution in [0.2, 0.25) is 0 Å². The Morgan fingerprint density at radius 2 is 2.05 bits per heavy atom. The van der Waals surface area contributed by atoms with Crippen LogP contribution in [0.5, 0.6) is 0 Å². The predicted molar refractivity (Wildman–Crippen MR) is 84.3 cm³/mol. The highest BCUT2D eigenvalue weighted by molar-refractivity contribution is 9.10. The van der Waals surface area contributed by atoms with Gasteiger partial charge in [-0.05, 0) is 48.7 Å². The van der Waals surface area contributed by atoms with Crippen molar-refractivity contribution in [2.45, 2.75) is 19.4 Å². The zero-order chi connectivity index (χ0) is 14.1. The number of hydrogen-bond donors (Lipinski definition) is 1. The number of aryl methyl sites for hydroxylation is 1. The molecule has 2 nitrogen and oxygen atoms in total. The van der Waals surface area contributed by atoms with Crippen molar-refractivity contribution in [2.24, 2.45) is 0 Å². The zero-order valence-corrected chi connectivity index (χ0v) is 12.7. The lowest BCUT2D eigenvalue weighted by Crippen LogP contribution is -2.29. The minimum Gasteiger partial charge on any atom is -0.399 e. The smallest absolute Gasteiger partial charge is 0.128 e. The van der Waals surface area contributed by atoms with Gasteiger partial charge in [-0.3, -0.25) is 0 Å². The molecule has 0 unspecified atom stereocenters. The summed E-state index contributed by atoms with van der Waals surface area (Å²) in [6.07, 6.45) is 2.15. The average Bonchev–Trinajstić information content (AvgIpc) is 2.43. The fourth-order valence-electron chi connectivity index (χ4n) is 2.70. The molecule has 3 rings (SSSR count). The summed E-state index contributed by atoms with van der Waals surface area (Å²) in [5.74, 6) is -0.163. The van der Waals surface area contributed by atoms with Gasteiger partial charge in [0.2, 0.25) is 0 Å². The highest BCUT2D eigenvalue weighted by atomic mass is 79.9. The van der Waals surface area contributed by atoms with Gasteiger partial charge in [0.05, 0.1) is 0 Å². The van der Waals surface area contributed by atoms with Gasteiger partial charge in [0, 0.05) is 34.5 Å². The maximum atomic E-state index is 13.9. The lowest BCUT2D eigenvalue weighted by molar-refractivity contribution is 0.597. The summed E-state index contributed by atoms with van der Waals surface area (Å²) in [6, 6.07) is 11.1. The Morgan fingerprint density at radius 1 is 1.20 bits per heavy atom. The lowest BCUT2D eigenvalue weighted by Gasteiger charge is -2.31. The molecule has 2 aromatic carbocycles. The normalized spacial score (nSPS) is 14.2. The van der Waals surface area contributed by atoms with Gasteiger partial charge in [0.1, 0.15) is 5.82 Å². The first-order valence-electron chi connectivity index (χ1n) is 6.71. The quantitative estimate of drug-likeness (QED) is 0.837. The molecule has 0 saturated carbocycles. The van der Waals surface area contributed by atoms with Crippen LogP contribution in [-0.2, 0) is 13.0 Å². The minimum absolute atomic E-state index is 0.163. The van der Waals surface area contributed by atoms with Crippen LogP contribution in [0.25, 0.3) is 0 Å². The van der Waals surface area contributed by atoms with Crippen LogP contribution in [0, 0.1) is 5.82 Å². The monoisotopic (exact) mass is 334 g/mol. The van der Waals surface area contributed by atoms with Gasteiger partial charge in [-0.1, -0.05) is 22.0 Å². The van der Waals surface area contributed by atoms with Crippen LogP contribution >= 0.6 is 15.9 Å². The maximum Gasteiger partial charge on any atom is 0.128 e. The van der Waals surface area contributed by atoms with E-state index in [9.17, 15) is 4.39 Å². The van der Waals surface area contributed by atoms with Crippen LogP contribution in [0.3, 0.4) is 0 Å². The Morgan fingerprint density at radius 3 is 2.90 bits per heavy atom. The molecular weight excluding hydrogens is 319 g/mol. The molecular formula is C16H16BrFN2. The molecule has 1 aliphatic rings. The molecule has 0 fully saturated rings. The van der Waals surface area contributed by atoms with Crippen molar-refractivity contribution in [2.75, 3.05) is 17.2 Å². The summed E-state index contributed by atoms with van der Waals surface area (Å²) in [7, 11) is 0. The molecule has 0 bridgehead atoms. The molecule has 0 atom stereocenters. The molecule has 0 radical (unpaired) electrons. The fourth-order valence-corrected chi connectivity index (χ4v) is 3.11.